The second-order valence-electron chi connectivity index (χ2n) is 6.03. The quantitative estimate of drug-likeness (QED) is 0.613. The van der Waals surface area contributed by atoms with Crippen molar-refractivity contribution in [3.63, 3.8) is 0 Å². The summed E-state index contributed by atoms with van der Waals surface area (Å²) in [4.78, 5) is 11.8. The average Bonchev–Trinajstić information content (AvgIpc) is 2.73. The Labute approximate surface area is 120 Å². The molecule has 2 rings (SSSR count). The Balaban J connectivity index is 1.62. The van der Waals surface area contributed by atoms with Crippen LogP contribution in [0.5, 0.6) is 0 Å². The predicted octanol–water partition coefficient (Wildman–Crippen LogP) is -0.0505. The second kappa shape index (κ2) is 6.87. The molecule has 2 aliphatic carbocycles. The standard InChI is InChI=1S/C13H25N3O3S/c14-12-5-4-11(8-12)13(17)15-6-7-20(18,19)16-9-10-2-1-3-10/h10-12,16H,1-9,14H2,(H,15,17). The molecule has 2 fully saturated rings. The van der Waals surface area contributed by atoms with Crippen LogP contribution in [0, 0.1) is 11.8 Å². The summed E-state index contributed by atoms with van der Waals surface area (Å²) in [6.45, 7) is 0.707. The molecule has 7 heteroatoms. The molecule has 2 atom stereocenters. The van der Waals surface area contributed by atoms with E-state index in [0.717, 1.165) is 25.7 Å². The zero-order chi connectivity index (χ0) is 14.6. The minimum absolute atomic E-state index is 0.0457. The predicted molar refractivity (Wildman–Crippen MR) is 77.5 cm³/mol. The van der Waals surface area contributed by atoms with Crippen LogP contribution < -0.4 is 15.8 Å². The number of nitrogens with one attached hydrogen (secondary N) is 2. The zero-order valence-electron chi connectivity index (χ0n) is 11.8. The van der Waals surface area contributed by atoms with Gasteiger partial charge in [-0.2, -0.15) is 0 Å². The smallest absolute Gasteiger partial charge is 0.223 e. The van der Waals surface area contributed by atoms with Gasteiger partial charge in [-0.15, -0.1) is 0 Å². The van der Waals surface area contributed by atoms with Crippen molar-refractivity contribution in [3.8, 4) is 0 Å². The summed E-state index contributed by atoms with van der Waals surface area (Å²) < 4.78 is 26.1. The van der Waals surface area contributed by atoms with Gasteiger partial charge in [-0.3, -0.25) is 4.79 Å². The molecule has 4 N–H and O–H groups in total. The van der Waals surface area contributed by atoms with Gasteiger partial charge in [0.25, 0.3) is 0 Å². The highest BCUT2D eigenvalue weighted by Gasteiger charge is 2.27. The molecule has 2 saturated carbocycles. The van der Waals surface area contributed by atoms with Gasteiger partial charge in [0, 0.05) is 25.0 Å². The topological polar surface area (TPSA) is 101 Å². The van der Waals surface area contributed by atoms with Gasteiger partial charge in [0.2, 0.25) is 15.9 Å². The van der Waals surface area contributed by atoms with Crippen molar-refractivity contribution in [3.05, 3.63) is 0 Å². The van der Waals surface area contributed by atoms with E-state index in [-0.39, 0.29) is 30.2 Å². The molecule has 20 heavy (non-hydrogen) atoms. The highest BCUT2D eigenvalue weighted by molar-refractivity contribution is 7.89. The van der Waals surface area contributed by atoms with Crippen LogP contribution in [-0.2, 0) is 14.8 Å². The number of nitrogens with two attached hydrogens (primary N) is 1. The van der Waals surface area contributed by atoms with E-state index in [9.17, 15) is 13.2 Å². The third-order valence-electron chi connectivity index (χ3n) is 4.33. The Kier molecular flexibility index (Phi) is 5.40. The summed E-state index contributed by atoms with van der Waals surface area (Å²) in [5.74, 6) is 0.340. The van der Waals surface area contributed by atoms with Crippen molar-refractivity contribution < 1.29 is 13.2 Å². The Bertz CT molecular complexity index is 434. The van der Waals surface area contributed by atoms with Gasteiger partial charge >= 0.3 is 0 Å². The first-order valence-corrected chi connectivity index (χ1v) is 9.12. The normalized spacial score (nSPS) is 27.2. The molecule has 2 unspecified atom stereocenters. The molecule has 0 aromatic rings. The average molecular weight is 303 g/mol. The van der Waals surface area contributed by atoms with Crippen molar-refractivity contribution in [2.75, 3.05) is 18.8 Å². The molecule has 0 bridgehead atoms. The van der Waals surface area contributed by atoms with Gasteiger partial charge in [-0.05, 0) is 38.0 Å². The van der Waals surface area contributed by atoms with Crippen LogP contribution in [0.3, 0.4) is 0 Å². The molecule has 0 saturated heterocycles. The van der Waals surface area contributed by atoms with Crippen LogP contribution >= 0.6 is 0 Å². The number of carbonyl (C=O) groups excluding carboxylic acids is 1. The Hall–Kier alpha value is -0.660. The number of sulfonamides is 1. The van der Waals surface area contributed by atoms with Crippen LogP contribution in [0.2, 0.25) is 0 Å². The van der Waals surface area contributed by atoms with E-state index in [1.807, 2.05) is 0 Å². The molecule has 1 amide bonds. The number of carbonyl (C=O) groups is 1. The van der Waals surface area contributed by atoms with E-state index < -0.39 is 10.0 Å². The summed E-state index contributed by atoms with van der Waals surface area (Å²) in [5.41, 5.74) is 5.76. The lowest BCUT2D eigenvalue weighted by molar-refractivity contribution is -0.124. The van der Waals surface area contributed by atoms with E-state index in [0.29, 0.717) is 18.9 Å². The molecule has 0 aliphatic heterocycles. The van der Waals surface area contributed by atoms with Gasteiger partial charge < -0.3 is 11.1 Å². The zero-order valence-corrected chi connectivity index (χ0v) is 12.6. The largest absolute Gasteiger partial charge is 0.355 e. The maximum absolute atomic E-state index is 11.8. The number of hydrogen-bond acceptors (Lipinski definition) is 4. The lowest BCUT2D eigenvalue weighted by Crippen LogP contribution is -2.39. The third kappa shape index (κ3) is 4.71. The summed E-state index contributed by atoms with van der Waals surface area (Å²) in [6, 6.07) is 0.110. The maximum Gasteiger partial charge on any atom is 0.223 e. The van der Waals surface area contributed by atoms with Crippen molar-refractivity contribution in [2.45, 2.75) is 44.6 Å². The van der Waals surface area contributed by atoms with Crippen LogP contribution in [0.1, 0.15) is 38.5 Å². The Morgan fingerprint density at radius 2 is 1.95 bits per heavy atom. The molecule has 2 aliphatic rings. The number of rotatable bonds is 7. The lowest BCUT2D eigenvalue weighted by atomic mass is 9.86. The first-order valence-electron chi connectivity index (χ1n) is 7.47. The molecular formula is C13H25N3O3S. The van der Waals surface area contributed by atoms with Crippen LogP contribution in [0.4, 0.5) is 0 Å². The fourth-order valence-electron chi connectivity index (χ4n) is 2.72. The first kappa shape index (κ1) is 15.7. The van der Waals surface area contributed by atoms with E-state index in [4.69, 9.17) is 5.73 Å². The molecule has 0 aromatic heterocycles. The third-order valence-corrected chi connectivity index (χ3v) is 5.68. The van der Waals surface area contributed by atoms with E-state index in [1.54, 1.807) is 0 Å². The first-order chi connectivity index (χ1) is 9.46. The van der Waals surface area contributed by atoms with E-state index in [1.165, 1.54) is 6.42 Å². The van der Waals surface area contributed by atoms with Crippen molar-refractivity contribution in [1.29, 1.82) is 0 Å². The highest BCUT2D eigenvalue weighted by atomic mass is 32.2. The minimum atomic E-state index is -3.27. The summed E-state index contributed by atoms with van der Waals surface area (Å²) in [5, 5.41) is 2.70. The summed E-state index contributed by atoms with van der Waals surface area (Å²) in [7, 11) is -3.27. The van der Waals surface area contributed by atoms with Gasteiger partial charge in [-0.25, -0.2) is 13.1 Å². The molecule has 0 aromatic carbocycles. The van der Waals surface area contributed by atoms with Crippen molar-refractivity contribution in [2.24, 2.45) is 17.6 Å². The van der Waals surface area contributed by atoms with E-state index >= 15 is 0 Å². The Morgan fingerprint density at radius 1 is 1.20 bits per heavy atom. The van der Waals surface area contributed by atoms with Crippen LogP contribution in [0.15, 0.2) is 0 Å². The molecule has 6 nitrogen and oxygen atoms in total. The summed E-state index contributed by atoms with van der Waals surface area (Å²) in [6.07, 6.45) is 5.81. The van der Waals surface area contributed by atoms with Gasteiger partial charge in [-0.1, -0.05) is 6.42 Å². The molecule has 0 radical (unpaired) electrons. The van der Waals surface area contributed by atoms with Crippen molar-refractivity contribution >= 4 is 15.9 Å². The fourth-order valence-corrected chi connectivity index (χ4v) is 3.73. The second-order valence-corrected chi connectivity index (χ2v) is 7.95. The minimum Gasteiger partial charge on any atom is -0.355 e. The van der Waals surface area contributed by atoms with E-state index in [2.05, 4.69) is 10.0 Å². The lowest BCUT2D eigenvalue weighted by Gasteiger charge is -2.25. The highest BCUT2D eigenvalue weighted by Crippen LogP contribution is 2.25. The number of amides is 1. The Morgan fingerprint density at radius 3 is 2.50 bits per heavy atom. The van der Waals surface area contributed by atoms with Crippen molar-refractivity contribution in [1.82, 2.24) is 10.0 Å². The van der Waals surface area contributed by atoms with Crippen LogP contribution in [0.25, 0.3) is 0 Å². The fraction of sp³-hybridized carbons (Fsp3) is 0.923. The summed E-state index contributed by atoms with van der Waals surface area (Å²) >= 11 is 0. The maximum atomic E-state index is 11.8. The molecule has 116 valence electrons. The monoisotopic (exact) mass is 303 g/mol. The SMILES string of the molecule is NC1CCC(C(=O)NCCS(=O)(=O)NCC2CCC2)C1. The molecule has 0 heterocycles. The van der Waals surface area contributed by atoms with Gasteiger partial charge in [0.05, 0.1) is 5.75 Å². The van der Waals surface area contributed by atoms with Crippen LogP contribution in [-0.4, -0.2) is 39.2 Å². The number of hydrogen-bond donors (Lipinski definition) is 3. The van der Waals surface area contributed by atoms with Gasteiger partial charge in [0.1, 0.15) is 0 Å². The van der Waals surface area contributed by atoms with Gasteiger partial charge in [0.15, 0.2) is 0 Å². The molecule has 0 spiro atoms. The molecular weight excluding hydrogens is 278 g/mol.